The first kappa shape index (κ1) is 14.3. The Bertz CT molecular complexity index is 790. The summed E-state index contributed by atoms with van der Waals surface area (Å²) in [5, 5.41) is 4.52. The topological polar surface area (TPSA) is 56.3 Å². The molecule has 1 fully saturated rings. The first-order valence-electron chi connectivity index (χ1n) is 7.92. The van der Waals surface area contributed by atoms with E-state index in [1.54, 1.807) is 0 Å². The third-order valence-corrected chi connectivity index (χ3v) is 4.17. The maximum Gasteiger partial charge on any atom is 0.298 e. The minimum atomic E-state index is 0.0803. The molecule has 1 aromatic carbocycles. The Balaban J connectivity index is 1.51. The molecule has 6 heteroatoms. The summed E-state index contributed by atoms with van der Waals surface area (Å²) in [6, 6.07) is 10.6. The molecule has 3 aromatic rings. The van der Waals surface area contributed by atoms with Crippen LogP contribution in [-0.2, 0) is 11.3 Å². The van der Waals surface area contributed by atoms with Crippen molar-refractivity contribution in [3.63, 3.8) is 0 Å². The van der Waals surface area contributed by atoms with Gasteiger partial charge >= 0.3 is 0 Å². The number of rotatable bonds is 3. The number of benzene rings is 1. The molecule has 1 aliphatic rings. The fourth-order valence-electron chi connectivity index (χ4n) is 3.05. The number of aromatic nitrogens is 3. The molecule has 0 bridgehead atoms. The fraction of sp³-hybridized carbons (Fsp3) is 0.412. The van der Waals surface area contributed by atoms with Crippen molar-refractivity contribution in [3.8, 4) is 0 Å². The van der Waals surface area contributed by atoms with Crippen LogP contribution < -0.4 is 4.90 Å². The second kappa shape index (κ2) is 5.70. The monoisotopic (exact) mass is 312 g/mol. The lowest BCUT2D eigenvalue weighted by molar-refractivity contribution is 0.0255. The predicted molar refractivity (Wildman–Crippen MR) is 87.7 cm³/mol. The number of nitrogens with zero attached hydrogens (tertiary/aromatic N) is 4. The van der Waals surface area contributed by atoms with Gasteiger partial charge in [-0.1, -0.05) is 12.1 Å². The van der Waals surface area contributed by atoms with E-state index in [-0.39, 0.29) is 6.10 Å². The average molecular weight is 312 g/mol. The highest BCUT2D eigenvalue weighted by molar-refractivity contribution is 5.74. The molecule has 6 nitrogen and oxygen atoms in total. The van der Waals surface area contributed by atoms with Gasteiger partial charge in [-0.2, -0.15) is 10.1 Å². The molecule has 0 saturated carbocycles. The van der Waals surface area contributed by atoms with E-state index in [9.17, 15) is 0 Å². The Morgan fingerprint density at radius 2 is 2.13 bits per heavy atom. The third-order valence-electron chi connectivity index (χ3n) is 4.17. The van der Waals surface area contributed by atoms with E-state index in [1.807, 2.05) is 35.9 Å². The van der Waals surface area contributed by atoms with Crippen molar-refractivity contribution in [2.75, 3.05) is 24.6 Å². The lowest BCUT2D eigenvalue weighted by Crippen LogP contribution is -2.44. The van der Waals surface area contributed by atoms with Crippen LogP contribution in [0.3, 0.4) is 0 Å². The maximum absolute atomic E-state index is 5.90. The van der Waals surface area contributed by atoms with Gasteiger partial charge in [-0.3, -0.25) is 4.68 Å². The van der Waals surface area contributed by atoms with Crippen LogP contribution in [0.25, 0.3) is 11.1 Å². The summed E-state index contributed by atoms with van der Waals surface area (Å²) in [6.45, 7) is 7.04. The van der Waals surface area contributed by atoms with E-state index in [4.69, 9.17) is 9.15 Å². The highest BCUT2D eigenvalue weighted by atomic mass is 16.5. The summed E-state index contributed by atoms with van der Waals surface area (Å²) in [5.74, 6) is 0. The smallest absolute Gasteiger partial charge is 0.298 e. The van der Waals surface area contributed by atoms with Crippen LogP contribution in [0.4, 0.5) is 6.01 Å². The molecule has 4 rings (SSSR count). The zero-order valence-electron chi connectivity index (χ0n) is 13.4. The third kappa shape index (κ3) is 2.82. The summed E-state index contributed by atoms with van der Waals surface area (Å²) in [5.41, 5.74) is 3.91. The number of para-hydroxylation sites is 2. The average Bonchev–Trinajstić information content (AvgIpc) is 3.11. The predicted octanol–water partition coefficient (Wildman–Crippen LogP) is 2.55. The van der Waals surface area contributed by atoms with Gasteiger partial charge < -0.3 is 14.1 Å². The number of hydrogen-bond acceptors (Lipinski definition) is 5. The molecule has 23 heavy (non-hydrogen) atoms. The van der Waals surface area contributed by atoms with E-state index in [0.29, 0.717) is 12.6 Å². The highest BCUT2D eigenvalue weighted by Gasteiger charge is 2.25. The van der Waals surface area contributed by atoms with Crippen molar-refractivity contribution in [2.24, 2.45) is 0 Å². The molecular formula is C17H20N4O2. The van der Waals surface area contributed by atoms with Gasteiger partial charge in [0.25, 0.3) is 6.01 Å². The van der Waals surface area contributed by atoms with Crippen LogP contribution >= 0.6 is 0 Å². The largest absolute Gasteiger partial charge is 0.423 e. The van der Waals surface area contributed by atoms with E-state index in [1.165, 1.54) is 0 Å². The molecule has 0 spiro atoms. The van der Waals surface area contributed by atoms with Gasteiger partial charge in [0.15, 0.2) is 5.58 Å². The van der Waals surface area contributed by atoms with Crippen molar-refractivity contribution in [1.82, 2.24) is 14.8 Å². The highest BCUT2D eigenvalue weighted by Crippen LogP contribution is 2.23. The van der Waals surface area contributed by atoms with E-state index in [2.05, 4.69) is 28.0 Å². The van der Waals surface area contributed by atoms with Crippen LogP contribution in [-0.4, -0.2) is 40.6 Å². The van der Waals surface area contributed by atoms with Gasteiger partial charge in [0.1, 0.15) is 5.52 Å². The van der Waals surface area contributed by atoms with Crippen molar-refractivity contribution in [3.05, 3.63) is 41.7 Å². The summed E-state index contributed by atoms with van der Waals surface area (Å²) >= 11 is 0. The number of oxazole rings is 1. The molecule has 3 heterocycles. The summed E-state index contributed by atoms with van der Waals surface area (Å²) in [7, 11) is 0. The van der Waals surface area contributed by atoms with E-state index < -0.39 is 0 Å². The molecule has 0 N–H and O–H groups in total. The minimum absolute atomic E-state index is 0.0803. The van der Waals surface area contributed by atoms with Gasteiger partial charge in [-0.25, -0.2) is 0 Å². The Hall–Kier alpha value is -2.34. The first-order chi connectivity index (χ1) is 11.2. The van der Waals surface area contributed by atoms with Gasteiger partial charge in [-0.05, 0) is 32.0 Å². The van der Waals surface area contributed by atoms with Crippen molar-refractivity contribution in [2.45, 2.75) is 26.5 Å². The second-order valence-corrected chi connectivity index (χ2v) is 6.01. The molecule has 1 atom stereocenters. The molecule has 2 aromatic heterocycles. The minimum Gasteiger partial charge on any atom is -0.423 e. The van der Waals surface area contributed by atoms with E-state index >= 15 is 0 Å². The number of aryl methyl sites for hydroxylation is 2. The van der Waals surface area contributed by atoms with Crippen molar-refractivity contribution in [1.29, 1.82) is 0 Å². The normalized spacial score (nSPS) is 18.7. The van der Waals surface area contributed by atoms with Crippen LogP contribution in [0.5, 0.6) is 0 Å². The fourth-order valence-corrected chi connectivity index (χ4v) is 3.05. The van der Waals surface area contributed by atoms with Crippen LogP contribution in [0.1, 0.15) is 11.4 Å². The standard InChI is InChI=1S/C17H20N4O2/c1-12-9-13(2)21(19-12)11-14-10-20(7-8-22-14)17-18-15-5-3-4-6-16(15)23-17/h3-6,9,14H,7-8,10-11H2,1-2H3/t14-/m0/s1. The zero-order valence-corrected chi connectivity index (χ0v) is 13.4. The number of fused-ring (bicyclic) bond motifs is 1. The van der Waals surface area contributed by atoms with Gasteiger partial charge in [-0.15, -0.1) is 0 Å². The van der Waals surface area contributed by atoms with Crippen molar-refractivity contribution >= 4 is 17.1 Å². The maximum atomic E-state index is 5.90. The number of hydrogen-bond donors (Lipinski definition) is 0. The molecule has 120 valence electrons. The lowest BCUT2D eigenvalue weighted by atomic mass is 10.2. The molecule has 0 unspecified atom stereocenters. The van der Waals surface area contributed by atoms with Gasteiger partial charge in [0.05, 0.1) is 31.5 Å². The first-order valence-corrected chi connectivity index (χ1v) is 7.92. The van der Waals surface area contributed by atoms with Gasteiger partial charge in [0.2, 0.25) is 0 Å². The van der Waals surface area contributed by atoms with Gasteiger partial charge in [0, 0.05) is 12.2 Å². The quantitative estimate of drug-likeness (QED) is 0.744. The molecule has 0 aliphatic carbocycles. The summed E-state index contributed by atoms with van der Waals surface area (Å²) < 4.78 is 13.8. The number of anilines is 1. The SMILES string of the molecule is Cc1cc(C)n(C[C@@H]2CN(c3nc4ccccc4o3)CCO2)n1. The molecule has 0 amide bonds. The molecular weight excluding hydrogens is 292 g/mol. The summed E-state index contributed by atoms with van der Waals surface area (Å²) in [4.78, 5) is 6.73. The molecule has 0 radical (unpaired) electrons. The van der Waals surface area contributed by atoms with Crippen LogP contribution in [0, 0.1) is 13.8 Å². The van der Waals surface area contributed by atoms with Crippen LogP contribution in [0.15, 0.2) is 34.7 Å². The summed E-state index contributed by atoms with van der Waals surface area (Å²) in [6.07, 6.45) is 0.0803. The number of morpholine rings is 1. The Kier molecular flexibility index (Phi) is 3.53. The Morgan fingerprint density at radius 1 is 1.26 bits per heavy atom. The Morgan fingerprint density at radius 3 is 2.91 bits per heavy atom. The molecule has 1 aliphatic heterocycles. The second-order valence-electron chi connectivity index (χ2n) is 6.01. The molecule has 1 saturated heterocycles. The van der Waals surface area contributed by atoms with E-state index in [0.717, 1.165) is 42.1 Å². The zero-order chi connectivity index (χ0) is 15.8. The van der Waals surface area contributed by atoms with Crippen LogP contribution in [0.2, 0.25) is 0 Å². The van der Waals surface area contributed by atoms with Crippen molar-refractivity contribution < 1.29 is 9.15 Å². The number of ether oxygens (including phenoxy) is 1. The Labute approximate surface area is 134 Å². The lowest BCUT2D eigenvalue weighted by Gasteiger charge is -2.32.